The zero-order valence-corrected chi connectivity index (χ0v) is 11.4. The summed E-state index contributed by atoms with van der Waals surface area (Å²) in [7, 11) is 0. The molecule has 0 bridgehead atoms. The maximum atomic E-state index is 5.71. The van der Waals surface area contributed by atoms with E-state index in [-0.39, 0.29) is 0 Å². The number of nitrogens with two attached hydrogens (primary N) is 1. The first kappa shape index (κ1) is 12.6. The summed E-state index contributed by atoms with van der Waals surface area (Å²) in [4.78, 5) is 4.38. The van der Waals surface area contributed by atoms with E-state index in [0.29, 0.717) is 6.04 Å². The van der Waals surface area contributed by atoms with Crippen molar-refractivity contribution < 1.29 is 0 Å². The highest BCUT2D eigenvalue weighted by Gasteiger charge is 2.21. The Bertz CT molecular complexity index is 381. The molecule has 0 spiro atoms. The first-order valence-electron chi connectivity index (χ1n) is 6.20. The lowest BCUT2D eigenvalue weighted by molar-refractivity contribution is 0.472. The molecule has 2 unspecified atom stereocenters. The minimum absolute atomic E-state index is 0.566. The molecule has 3 nitrogen and oxygen atoms in total. The predicted octanol–water partition coefficient (Wildman–Crippen LogP) is 3.06. The molecule has 0 amide bonds. The van der Waals surface area contributed by atoms with E-state index in [1.54, 1.807) is 6.20 Å². The van der Waals surface area contributed by atoms with E-state index in [1.165, 1.54) is 25.7 Å². The van der Waals surface area contributed by atoms with Gasteiger partial charge < -0.3 is 11.1 Å². The number of aromatic nitrogens is 1. The normalized spacial score (nSPS) is 24.6. The first-order valence-corrected chi connectivity index (χ1v) is 7.49. The molecule has 4 heteroatoms. The van der Waals surface area contributed by atoms with Crippen molar-refractivity contribution in [1.29, 1.82) is 0 Å². The number of rotatable bonds is 3. The molecule has 1 saturated carbocycles. The van der Waals surface area contributed by atoms with Crippen molar-refractivity contribution in [3.8, 4) is 0 Å². The fourth-order valence-electron chi connectivity index (χ4n) is 2.43. The number of aryl methyl sites for hydroxylation is 1. The average Bonchev–Trinajstić information content (AvgIpc) is 2.33. The standard InChI is InChI=1S/C13H21N3S/c1-9-6-10(14)8-15-13(9)16-11-4-3-5-12(7-11)17-2/h6,8,11-12H,3-5,7,14H2,1-2H3,(H,15,16). The molecular weight excluding hydrogens is 230 g/mol. The van der Waals surface area contributed by atoms with Gasteiger partial charge in [0.1, 0.15) is 5.82 Å². The van der Waals surface area contributed by atoms with Gasteiger partial charge in [0, 0.05) is 11.3 Å². The molecule has 2 rings (SSSR count). The molecule has 1 aliphatic carbocycles. The number of hydrogen-bond donors (Lipinski definition) is 2. The summed E-state index contributed by atoms with van der Waals surface area (Å²) < 4.78 is 0. The lowest BCUT2D eigenvalue weighted by atomic mass is 9.95. The second-order valence-corrected chi connectivity index (χ2v) is 5.94. The van der Waals surface area contributed by atoms with Crippen LogP contribution in [0, 0.1) is 6.92 Å². The number of anilines is 2. The summed E-state index contributed by atoms with van der Waals surface area (Å²) in [5.41, 5.74) is 7.58. The highest BCUT2D eigenvalue weighted by Crippen LogP contribution is 2.29. The lowest BCUT2D eigenvalue weighted by Crippen LogP contribution is -2.29. The van der Waals surface area contributed by atoms with Gasteiger partial charge in [-0.15, -0.1) is 0 Å². The SMILES string of the molecule is CSC1CCCC(Nc2ncc(N)cc2C)C1. The minimum atomic E-state index is 0.566. The summed E-state index contributed by atoms with van der Waals surface area (Å²) in [6.07, 6.45) is 9.10. The molecule has 1 fully saturated rings. The number of hydrogen-bond acceptors (Lipinski definition) is 4. The van der Waals surface area contributed by atoms with Gasteiger partial charge in [-0.05, 0) is 44.1 Å². The van der Waals surface area contributed by atoms with E-state index >= 15 is 0 Å². The summed E-state index contributed by atoms with van der Waals surface area (Å²) >= 11 is 1.99. The van der Waals surface area contributed by atoms with Crippen LogP contribution in [0.2, 0.25) is 0 Å². The zero-order chi connectivity index (χ0) is 12.3. The Morgan fingerprint density at radius 2 is 2.29 bits per heavy atom. The van der Waals surface area contributed by atoms with Crippen LogP contribution in [0.3, 0.4) is 0 Å². The lowest BCUT2D eigenvalue weighted by Gasteiger charge is -2.29. The van der Waals surface area contributed by atoms with Crippen molar-refractivity contribution in [3.63, 3.8) is 0 Å². The van der Waals surface area contributed by atoms with Crippen molar-refractivity contribution in [2.75, 3.05) is 17.3 Å². The summed E-state index contributed by atoms with van der Waals surface area (Å²) in [5.74, 6) is 0.992. The van der Waals surface area contributed by atoms with Gasteiger partial charge in [-0.3, -0.25) is 0 Å². The molecular formula is C13H21N3S. The third-order valence-corrected chi connectivity index (χ3v) is 4.49. The molecule has 0 aliphatic heterocycles. The van der Waals surface area contributed by atoms with E-state index < -0.39 is 0 Å². The Morgan fingerprint density at radius 1 is 1.47 bits per heavy atom. The molecule has 1 heterocycles. The molecule has 94 valence electrons. The van der Waals surface area contributed by atoms with Crippen molar-refractivity contribution in [2.24, 2.45) is 0 Å². The Morgan fingerprint density at radius 3 is 3.00 bits per heavy atom. The maximum Gasteiger partial charge on any atom is 0.129 e. The third-order valence-electron chi connectivity index (χ3n) is 3.40. The molecule has 0 aromatic carbocycles. The van der Waals surface area contributed by atoms with Gasteiger partial charge in [-0.2, -0.15) is 11.8 Å². The topological polar surface area (TPSA) is 50.9 Å². The maximum absolute atomic E-state index is 5.71. The fraction of sp³-hybridized carbons (Fsp3) is 0.615. The van der Waals surface area contributed by atoms with Gasteiger partial charge >= 0.3 is 0 Å². The molecule has 17 heavy (non-hydrogen) atoms. The van der Waals surface area contributed by atoms with Gasteiger partial charge in [-0.1, -0.05) is 6.42 Å². The quantitative estimate of drug-likeness (QED) is 0.867. The monoisotopic (exact) mass is 251 g/mol. The van der Waals surface area contributed by atoms with Gasteiger partial charge in [0.2, 0.25) is 0 Å². The highest BCUT2D eigenvalue weighted by molar-refractivity contribution is 7.99. The Kier molecular flexibility index (Phi) is 4.15. The number of nitrogens with zero attached hydrogens (tertiary/aromatic N) is 1. The van der Waals surface area contributed by atoms with Gasteiger partial charge in [0.05, 0.1) is 11.9 Å². The fourth-order valence-corrected chi connectivity index (χ4v) is 3.26. The Hall–Kier alpha value is -0.900. The molecule has 1 aliphatic rings. The van der Waals surface area contributed by atoms with Crippen LogP contribution in [0.4, 0.5) is 11.5 Å². The smallest absolute Gasteiger partial charge is 0.129 e. The van der Waals surface area contributed by atoms with Crippen LogP contribution in [0.25, 0.3) is 0 Å². The largest absolute Gasteiger partial charge is 0.397 e. The van der Waals surface area contributed by atoms with Gasteiger partial charge in [-0.25, -0.2) is 4.98 Å². The number of nitrogens with one attached hydrogen (secondary N) is 1. The van der Waals surface area contributed by atoms with E-state index in [0.717, 1.165) is 22.3 Å². The van der Waals surface area contributed by atoms with Crippen molar-refractivity contribution in [2.45, 2.75) is 43.9 Å². The minimum Gasteiger partial charge on any atom is -0.397 e. The van der Waals surface area contributed by atoms with Crippen LogP contribution < -0.4 is 11.1 Å². The number of pyridine rings is 1. The molecule has 1 aromatic heterocycles. The second kappa shape index (κ2) is 5.63. The Labute approximate surface area is 108 Å². The molecule has 1 aromatic rings. The number of thioether (sulfide) groups is 1. The molecule has 0 saturated heterocycles. The summed E-state index contributed by atoms with van der Waals surface area (Å²) in [6, 6.07) is 2.54. The van der Waals surface area contributed by atoms with Crippen LogP contribution in [0.5, 0.6) is 0 Å². The zero-order valence-electron chi connectivity index (χ0n) is 10.6. The predicted molar refractivity (Wildman–Crippen MR) is 76.6 cm³/mol. The van der Waals surface area contributed by atoms with Crippen LogP contribution in [-0.4, -0.2) is 22.5 Å². The molecule has 3 N–H and O–H groups in total. The van der Waals surface area contributed by atoms with Crippen LogP contribution in [0.1, 0.15) is 31.2 Å². The van der Waals surface area contributed by atoms with Gasteiger partial charge in [0.15, 0.2) is 0 Å². The molecule has 0 radical (unpaired) electrons. The van der Waals surface area contributed by atoms with Crippen LogP contribution >= 0.6 is 11.8 Å². The first-order chi connectivity index (χ1) is 8.19. The van der Waals surface area contributed by atoms with Gasteiger partial charge in [0.25, 0.3) is 0 Å². The van der Waals surface area contributed by atoms with Crippen LogP contribution in [-0.2, 0) is 0 Å². The van der Waals surface area contributed by atoms with E-state index in [2.05, 4.69) is 23.5 Å². The average molecular weight is 251 g/mol. The van der Waals surface area contributed by atoms with Crippen molar-refractivity contribution in [1.82, 2.24) is 4.98 Å². The van der Waals surface area contributed by atoms with Crippen LogP contribution in [0.15, 0.2) is 12.3 Å². The van der Waals surface area contributed by atoms with E-state index in [4.69, 9.17) is 5.73 Å². The van der Waals surface area contributed by atoms with Crippen molar-refractivity contribution in [3.05, 3.63) is 17.8 Å². The Balaban J connectivity index is 2.00. The third kappa shape index (κ3) is 3.28. The highest BCUT2D eigenvalue weighted by atomic mass is 32.2. The number of nitrogen functional groups attached to an aromatic ring is 1. The van der Waals surface area contributed by atoms with E-state index in [1.807, 2.05) is 17.8 Å². The van der Waals surface area contributed by atoms with E-state index in [9.17, 15) is 0 Å². The summed E-state index contributed by atoms with van der Waals surface area (Å²) in [5, 5.41) is 4.36. The summed E-state index contributed by atoms with van der Waals surface area (Å²) in [6.45, 7) is 2.06. The second-order valence-electron chi connectivity index (χ2n) is 4.80. The molecule has 2 atom stereocenters. The van der Waals surface area contributed by atoms with Crippen molar-refractivity contribution >= 4 is 23.3 Å².